The van der Waals surface area contributed by atoms with Gasteiger partial charge in [0.1, 0.15) is 0 Å². The predicted molar refractivity (Wildman–Crippen MR) is 55.2 cm³/mol. The summed E-state index contributed by atoms with van der Waals surface area (Å²) in [5.41, 5.74) is 1.74. The third kappa shape index (κ3) is 3.68. The van der Waals surface area contributed by atoms with Crippen LogP contribution in [0.25, 0.3) is 0 Å². The van der Waals surface area contributed by atoms with Gasteiger partial charge in [-0.15, -0.1) is 17.9 Å². The highest BCUT2D eigenvalue weighted by Crippen LogP contribution is 2.09. The lowest BCUT2D eigenvalue weighted by molar-refractivity contribution is -0.138. The van der Waals surface area contributed by atoms with Gasteiger partial charge in [-0.2, -0.15) is 0 Å². The van der Waals surface area contributed by atoms with E-state index in [0.717, 1.165) is 4.88 Å². The Morgan fingerprint density at radius 1 is 1.79 bits per heavy atom. The number of aromatic nitrogens is 1. The molecular formula is C9H12N2O2S. The zero-order chi connectivity index (χ0) is 10.4. The molecule has 4 nitrogen and oxygen atoms in total. The third-order valence-electron chi connectivity index (χ3n) is 1.61. The van der Waals surface area contributed by atoms with E-state index in [1.807, 2.05) is 0 Å². The molecule has 0 fully saturated rings. The number of nitrogens with zero attached hydrogens (tertiary/aromatic N) is 2. The van der Waals surface area contributed by atoms with Crippen molar-refractivity contribution in [1.29, 1.82) is 0 Å². The highest BCUT2D eigenvalue weighted by atomic mass is 32.1. The number of rotatable bonds is 6. The number of carbonyl (C=O) groups is 1. The molecule has 0 spiro atoms. The van der Waals surface area contributed by atoms with Gasteiger partial charge in [-0.3, -0.25) is 14.7 Å². The molecular weight excluding hydrogens is 200 g/mol. The van der Waals surface area contributed by atoms with Crippen molar-refractivity contribution in [2.24, 2.45) is 0 Å². The fourth-order valence-electron chi connectivity index (χ4n) is 1.10. The lowest BCUT2D eigenvalue weighted by Gasteiger charge is -2.16. The van der Waals surface area contributed by atoms with Gasteiger partial charge in [0.05, 0.1) is 12.1 Å². The van der Waals surface area contributed by atoms with Gasteiger partial charge in [0, 0.05) is 24.2 Å². The standard InChI is InChI=1S/C9H12N2O2S/c1-2-3-11(6-9(12)13)5-8-4-10-7-14-8/h2,4,7H,1,3,5-6H2,(H,12,13). The van der Waals surface area contributed by atoms with E-state index in [-0.39, 0.29) is 6.54 Å². The Balaban J connectivity index is 2.50. The minimum Gasteiger partial charge on any atom is -0.480 e. The second kappa shape index (κ2) is 5.51. The second-order valence-corrected chi connectivity index (χ2v) is 3.79. The fraction of sp³-hybridized carbons (Fsp3) is 0.333. The van der Waals surface area contributed by atoms with E-state index in [4.69, 9.17) is 5.11 Å². The normalized spacial score (nSPS) is 10.4. The molecule has 1 aromatic rings. The number of thiazole rings is 1. The molecule has 1 aromatic heterocycles. The maximum Gasteiger partial charge on any atom is 0.317 e. The van der Waals surface area contributed by atoms with Crippen LogP contribution < -0.4 is 0 Å². The quantitative estimate of drug-likeness (QED) is 0.720. The molecule has 1 N–H and O–H groups in total. The van der Waals surface area contributed by atoms with E-state index in [2.05, 4.69) is 11.6 Å². The van der Waals surface area contributed by atoms with Crippen molar-refractivity contribution in [3.05, 3.63) is 29.2 Å². The van der Waals surface area contributed by atoms with E-state index >= 15 is 0 Å². The minimum atomic E-state index is -0.823. The van der Waals surface area contributed by atoms with Gasteiger partial charge in [0.25, 0.3) is 0 Å². The number of carboxylic acids is 1. The van der Waals surface area contributed by atoms with Crippen molar-refractivity contribution in [3.8, 4) is 0 Å². The summed E-state index contributed by atoms with van der Waals surface area (Å²) < 4.78 is 0. The van der Waals surface area contributed by atoms with Crippen LogP contribution in [0.4, 0.5) is 0 Å². The Labute approximate surface area is 86.5 Å². The SMILES string of the molecule is C=CCN(CC(=O)O)Cc1cncs1. The lowest BCUT2D eigenvalue weighted by atomic mass is 10.4. The number of hydrogen-bond acceptors (Lipinski definition) is 4. The summed E-state index contributed by atoms with van der Waals surface area (Å²) in [6.45, 7) is 4.81. The summed E-state index contributed by atoms with van der Waals surface area (Å²) in [7, 11) is 0. The number of hydrogen-bond donors (Lipinski definition) is 1. The molecule has 1 heterocycles. The van der Waals surface area contributed by atoms with Gasteiger partial charge < -0.3 is 5.11 Å². The highest BCUT2D eigenvalue weighted by Gasteiger charge is 2.09. The van der Waals surface area contributed by atoms with Crippen LogP contribution in [-0.2, 0) is 11.3 Å². The van der Waals surface area contributed by atoms with Gasteiger partial charge in [-0.25, -0.2) is 0 Å². The molecule has 0 saturated carbocycles. The average molecular weight is 212 g/mol. The molecule has 0 aliphatic rings. The van der Waals surface area contributed by atoms with Crippen molar-refractivity contribution in [3.63, 3.8) is 0 Å². The van der Waals surface area contributed by atoms with E-state index in [1.165, 1.54) is 11.3 Å². The molecule has 14 heavy (non-hydrogen) atoms. The molecule has 0 atom stereocenters. The van der Waals surface area contributed by atoms with Crippen LogP contribution >= 0.6 is 11.3 Å². The highest BCUT2D eigenvalue weighted by molar-refractivity contribution is 7.09. The third-order valence-corrected chi connectivity index (χ3v) is 2.37. The van der Waals surface area contributed by atoms with Gasteiger partial charge in [-0.1, -0.05) is 6.08 Å². The lowest BCUT2D eigenvalue weighted by Crippen LogP contribution is -2.29. The minimum absolute atomic E-state index is 0.0317. The smallest absolute Gasteiger partial charge is 0.317 e. The van der Waals surface area contributed by atoms with E-state index in [1.54, 1.807) is 22.7 Å². The molecule has 76 valence electrons. The Bertz CT molecular complexity index is 298. The van der Waals surface area contributed by atoms with Gasteiger partial charge >= 0.3 is 5.97 Å². The summed E-state index contributed by atoms with van der Waals surface area (Å²) in [4.78, 5) is 17.3. The molecule has 0 saturated heterocycles. The Morgan fingerprint density at radius 3 is 3.07 bits per heavy atom. The molecule has 5 heteroatoms. The zero-order valence-electron chi connectivity index (χ0n) is 7.72. The van der Waals surface area contributed by atoms with Crippen LogP contribution in [0.15, 0.2) is 24.4 Å². The summed E-state index contributed by atoms with van der Waals surface area (Å²) in [6, 6.07) is 0. The van der Waals surface area contributed by atoms with Crippen LogP contribution in [0.1, 0.15) is 4.88 Å². The van der Waals surface area contributed by atoms with Crippen molar-refractivity contribution in [1.82, 2.24) is 9.88 Å². The molecule has 0 aromatic carbocycles. The molecule has 0 aliphatic heterocycles. The summed E-state index contributed by atoms with van der Waals surface area (Å²) in [5, 5.41) is 8.65. The summed E-state index contributed by atoms with van der Waals surface area (Å²) >= 11 is 1.52. The van der Waals surface area contributed by atoms with Gasteiger partial charge in [0.15, 0.2) is 0 Å². The summed E-state index contributed by atoms with van der Waals surface area (Å²) in [6.07, 6.45) is 3.45. The first-order chi connectivity index (χ1) is 6.72. The number of aliphatic carboxylic acids is 1. The fourth-order valence-corrected chi connectivity index (χ4v) is 1.74. The van der Waals surface area contributed by atoms with Crippen molar-refractivity contribution in [2.75, 3.05) is 13.1 Å². The molecule has 1 rings (SSSR count). The van der Waals surface area contributed by atoms with Crippen molar-refractivity contribution < 1.29 is 9.90 Å². The van der Waals surface area contributed by atoms with Crippen LogP contribution in [0.2, 0.25) is 0 Å². The van der Waals surface area contributed by atoms with Gasteiger partial charge in [-0.05, 0) is 0 Å². The molecule has 0 bridgehead atoms. The van der Waals surface area contributed by atoms with E-state index < -0.39 is 5.97 Å². The number of carboxylic acid groups (broad SMARTS) is 1. The van der Waals surface area contributed by atoms with Gasteiger partial charge in [0.2, 0.25) is 0 Å². The first kappa shape index (κ1) is 10.9. The van der Waals surface area contributed by atoms with Crippen LogP contribution in [0.3, 0.4) is 0 Å². The monoisotopic (exact) mass is 212 g/mol. The van der Waals surface area contributed by atoms with Crippen molar-refractivity contribution >= 4 is 17.3 Å². The zero-order valence-corrected chi connectivity index (χ0v) is 8.54. The molecule has 0 aliphatic carbocycles. The second-order valence-electron chi connectivity index (χ2n) is 2.82. The van der Waals surface area contributed by atoms with Crippen LogP contribution in [0.5, 0.6) is 0 Å². The Hall–Kier alpha value is -1.20. The largest absolute Gasteiger partial charge is 0.480 e. The van der Waals surface area contributed by atoms with Crippen LogP contribution in [-0.4, -0.2) is 34.0 Å². The first-order valence-electron chi connectivity index (χ1n) is 4.14. The Kier molecular flexibility index (Phi) is 4.28. The maximum atomic E-state index is 10.5. The molecule has 0 amide bonds. The van der Waals surface area contributed by atoms with Crippen molar-refractivity contribution in [2.45, 2.75) is 6.54 Å². The topological polar surface area (TPSA) is 53.4 Å². The van der Waals surface area contributed by atoms with Crippen LogP contribution in [0, 0.1) is 0 Å². The van der Waals surface area contributed by atoms with E-state index in [9.17, 15) is 4.79 Å². The molecule has 0 radical (unpaired) electrons. The average Bonchev–Trinajstić information content (AvgIpc) is 2.56. The molecule has 0 unspecified atom stereocenters. The predicted octanol–water partition coefficient (Wildman–Crippen LogP) is 1.22. The first-order valence-corrected chi connectivity index (χ1v) is 5.02. The Morgan fingerprint density at radius 2 is 2.57 bits per heavy atom. The van der Waals surface area contributed by atoms with E-state index in [0.29, 0.717) is 13.1 Å². The maximum absolute atomic E-state index is 10.5. The summed E-state index contributed by atoms with van der Waals surface area (Å²) in [5.74, 6) is -0.823.